The number of halogens is 2. The molecule has 2 unspecified atom stereocenters. The number of hydrogen-bond acceptors (Lipinski definition) is 8. The molecule has 27 heavy (non-hydrogen) atoms. The van der Waals surface area contributed by atoms with Crippen molar-refractivity contribution in [1.82, 2.24) is 0 Å². The molecule has 0 bridgehead atoms. The Morgan fingerprint density at radius 1 is 1.04 bits per heavy atom. The van der Waals surface area contributed by atoms with Crippen LogP contribution < -0.4 is 0 Å². The molecule has 0 aliphatic heterocycles. The van der Waals surface area contributed by atoms with Crippen LogP contribution in [0.25, 0.3) is 0 Å². The second-order valence-electron chi connectivity index (χ2n) is 4.94. The fourth-order valence-corrected chi connectivity index (χ4v) is 6.34. The number of rotatable bonds is 13. The summed E-state index contributed by atoms with van der Waals surface area (Å²) in [7, 11) is -11.3. The lowest BCUT2D eigenvalue weighted by Crippen LogP contribution is -2.22. The Hall–Kier alpha value is -0.560. The minimum Gasteiger partial charge on any atom is -0.309 e. The van der Waals surface area contributed by atoms with Gasteiger partial charge >= 0.3 is 29.1 Å². The van der Waals surface area contributed by atoms with Gasteiger partial charge in [0.2, 0.25) is 0 Å². The van der Waals surface area contributed by atoms with E-state index in [4.69, 9.17) is 9.05 Å². The summed E-state index contributed by atoms with van der Waals surface area (Å²) >= 11 is 0. The summed E-state index contributed by atoms with van der Waals surface area (Å²) in [6.07, 6.45) is 0. The summed E-state index contributed by atoms with van der Waals surface area (Å²) in [6, 6.07) is 8.58. The minimum atomic E-state index is -5.02. The molecular weight excluding hydrogens is 427 g/mol. The highest BCUT2D eigenvalue weighted by atomic mass is 31.2. The van der Waals surface area contributed by atoms with Crippen molar-refractivity contribution >= 4 is 23.2 Å². The molecule has 1 aromatic carbocycles. The van der Waals surface area contributed by atoms with Gasteiger partial charge in [0.15, 0.2) is 0 Å². The van der Waals surface area contributed by atoms with E-state index in [2.05, 4.69) is 13.6 Å². The van der Waals surface area contributed by atoms with Crippen molar-refractivity contribution < 1.29 is 45.1 Å². The highest BCUT2D eigenvalue weighted by molar-refractivity contribution is 7.66. The highest BCUT2D eigenvalue weighted by Gasteiger charge is 2.62. The van der Waals surface area contributed by atoms with Crippen LogP contribution in [0.15, 0.2) is 30.3 Å². The highest BCUT2D eigenvalue weighted by Crippen LogP contribution is 2.66. The van der Waals surface area contributed by atoms with Crippen LogP contribution in [0.2, 0.25) is 0 Å². The van der Waals surface area contributed by atoms with Gasteiger partial charge in [0.25, 0.3) is 5.90 Å². The van der Waals surface area contributed by atoms with Gasteiger partial charge in [-0.15, -0.1) is 0 Å². The monoisotopic (exact) mass is 449 g/mol. The molecular formula is C14H22F2O8P3+. The van der Waals surface area contributed by atoms with E-state index in [0.29, 0.717) is 5.56 Å². The predicted octanol–water partition coefficient (Wildman–Crippen LogP) is 5.58. The van der Waals surface area contributed by atoms with Crippen LogP contribution in [0.5, 0.6) is 0 Å². The Morgan fingerprint density at radius 2 is 1.59 bits per heavy atom. The molecule has 1 aromatic rings. The molecule has 8 nitrogen and oxygen atoms in total. The third-order valence-electron chi connectivity index (χ3n) is 2.97. The van der Waals surface area contributed by atoms with Crippen LogP contribution in [0, 0.1) is 0 Å². The van der Waals surface area contributed by atoms with E-state index in [-0.39, 0.29) is 19.8 Å². The third kappa shape index (κ3) is 7.41. The van der Waals surface area contributed by atoms with Crippen molar-refractivity contribution in [3.05, 3.63) is 35.9 Å². The quantitative estimate of drug-likeness (QED) is 0.360. The zero-order valence-corrected chi connectivity index (χ0v) is 17.8. The Morgan fingerprint density at radius 3 is 2.07 bits per heavy atom. The molecule has 2 atom stereocenters. The maximum absolute atomic E-state index is 14.1. The molecule has 0 fully saturated rings. The first-order chi connectivity index (χ1) is 12.6. The van der Waals surface area contributed by atoms with E-state index >= 15 is 0 Å². The molecule has 0 aliphatic carbocycles. The molecule has 13 heteroatoms. The van der Waals surface area contributed by atoms with Gasteiger partial charge in [-0.2, -0.15) is 8.78 Å². The van der Waals surface area contributed by atoms with Gasteiger partial charge in [-0.25, -0.2) is 0 Å². The summed E-state index contributed by atoms with van der Waals surface area (Å²) < 4.78 is 87.8. The molecule has 0 aromatic heterocycles. The van der Waals surface area contributed by atoms with E-state index in [1.54, 1.807) is 30.3 Å². The summed E-state index contributed by atoms with van der Waals surface area (Å²) in [5.74, 6) is -5.45. The molecule has 0 radical (unpaired) electrons. The van der Waals surface area contributed by atoms with E-state index in [1.165, 1.54) is 13.8 Å². The summed E-state index contributed by atoms with van der Waals surface area (Å²) in [5, 5.41) is 0. The van der Waals surface area contributed by atoms with Crippen LogP contribution in [0.1, 0.15) is 19.4 Å². The SMILES string of the molecule is CCOP(=O)(OCC)C(F)(F)O[P+](=O)CP(=O)(OC)OCc1ccccc1. The smallest absolute Gasteiger partial charge is 0.309 e. The van der Waals surface area contributed by atoms with Gasteiger partial charge < -0.3 is 18.1 Å². The molecule has 154 valence electrons. The fraction of sp³-hybridized carbons (Fsp3) is 0.571. The largest absolute Gasteiger partial charge is 0.527 e. The van der Waals surface area contributed by atoms with E-state index in [1.807, 2.05) is 0 Å². The first-order valence-electron chi connectivity index (χ1n) is 7.85. The van der Waals surface area contributed by atoms with Crippen molar-refractivity contribution in [3.63, 3.8) is 0 Å². The molecule has 0 aliphatic rings. The van der Waals surface area contributed by atoms with Crippen molar-refractivity contribution in [2.45, 2.75) is 26.3 Å². The second kappa shape index (κ2) is 10.8. The summed E-state index contributed by atoms with van der Waals surface area (Å²) in [4.78, 5) is 0. The topological polar surface area (TPSA) is 97.4 Å². The van der Waals surface area contributed by atoms with Crippen LogP contribution in [-0.4, -0.2) is 32.1 Å². The normalized spacial score (nSPS) is 15.4. The Labute approximate surface area is 157 Å². The molecule has 0 amide bonds. The fourth-order valence-electron chi connectivity index (χ4n) is 1.77. The molecule has 0 heterocycles. The molecule has 0 saturated carbocycles. The molecule has 0 spiro atoms. The second-order valence-corrected chi connectivity index (χ2v) is 10.8. The molecule has 1 rings (SSSR count). The van der Waals surface area contributed by atoms with Gasteiger partial charge in [-0.05, 0) is 24.0 Å². The van der Waals surface area contributed by atoms with E-state index in [9.17, 15) is 22.5 Å². The first-order valence-corrected chi connectivity index (χ1v) is 12.5. The summed E-state index contributed by atoms with van der Waals surface area (Å²) in [5.41, 5.74) is 0.647. The molecule has 0 N–H and O–H groups in total. The number of benzene rings is 1. The Bertz CT molecular complexity index is 691. The van der Waals surface area contributed by atoms with Gasteiger partial charge in [-0.1, -0.05) is 34.9 Å². The lowest BCUT2D eigenvalue weighted by molar-refractivity contribution is -0.117. The average Bonchev–Trinajstić information content (AvgIpc) is 2.60. The lowest BCUT2D eigenvalue weighted by atomic mass is 10.2. The minimum absolute atomic E-state index is 0.151. The number of alkyl halides is 2. The Kier molecular flexibility index (Phi) is 9.83. The van der Waals surface area contributed by atoms with Crippen molar-refractivity contribution in [3.8, 4) is 0 Å². The maximum atomic E-state index is 14.1. The standard InChI is InChI=1S/C14H22F2O8P3/c1-4-21-27(19,22-5-2)14(15,16)24-25(17)12-26(18,20-3)23-11-13-9-7-6-8-10-13/h6-10H,4-5,11-12H2,1-3H3/q+1. The van der Waals surface area contributed by atoms with Gasteiger partial charge in [0.1, 0.15) is 0 Å². The molecule has 0 saturated heterocycles. The van der Waals surface area contributed by atoms with Crippen molar-refractivity contribution in [2.24, 2.45) is 0 Å². The van der Waals surface area contributed by atoms with E-state index < -0.39 is 35.0 Å². The lowest BCUT2D eigenvalue weighted by Gasteiger charge is -2.21. The average molecular weight is 449 g/mol. The zero-order valence-electron chi connectivity index (χ0n) is 15.1. The van der Waals surface area contributed by atoms with Crippen LogP contribution in [0.4, 0.5) is 8.78 Å². The van der Waals surface area contributed by atoms with E-state index in [0.717, 1.165) is 7.11 Å². The van der Waals surface area contributed by atoms with Crippen molar-refractivity contribution in [2.75, 3.05) is 26.2 Å². The first kappa shape index (κ1) is 24.5. The number of hydrogen-bond donors (Lipinski definition) is 0. The maximum Gasteiger partial charge on any atom is 0.527 e. The summed E-state index contributed by atoms with van der Waals surface area (Å²) in [6.45, 7) is 1.83. The van der Waals surface area contributed by atoms with Crippen LogP contribution >= 0.6 is 23.2 Å². The zero-order chi connectivity index (χ0) is 20.6. The predicted molar refractivity (Wildman–Crippen MR) is 95.2 cm³/mol. The van der Waals surface area contributed by atoms with Crippen LogP contribution in [0.3, 0.4) is 0 Å². The Balaban J connectivity index is 2.78. The van der Waals surface area contributed by atoms with Gasteiger partial charge in [0.05, 0.1) is 19.8 Å². The van der Waals surface area contributed by atoms with Crippen molar-refractivity contribution in [1.29, 1.82) is 0 Å². The van der Waals surface area contributed by atoms with Gasteiger partial charge in [-0.3, -0.25) is 9.13 Å². The third-order valence-corrected chi connectivity index (χ3v) is 8.86. The van der Waals surface area contributed by atoms with Crippen LogP contribution in [-0.2, 0) is 42.9 Å². The van der Waals surface area contributed by atoms with Gasteiger partial charge in [0, 0.05) is 7.11 Å².